The van der Waals surface area contributed by atoms with Crippen LogP contribution in [0.15, 0.2) is 46.6 Å². The third kappa shape index (κ3) is 3.86. The van der Waals surface area contributed by atoms with Gasteiger partial charge in [-0.05, 0) is 43.0 Å². The van der Waals surface area contributed by atoms with Gasteiger partial charge in [0.05, 0.1) is 22.8 Å². The van der Waals surface area contributed by atoms with E-state index in [4.69, 9.17) is 15.5 Å². The van der Waals surface area contributed by atoms with Crippen molar-refractivity contribution in [3.05, 3.63) is 53.3 Å². The van der Waals surface area contributed by atoms with E-state index in [0.717, 1.165) is 27.4 Å². The number of nitriles is 1. The molecule has 0 aliphatic heterocycles. The molecule has 0 fully saturated rings. The molecule has 4 rings (SSSR count). The van der Waals surface area contributed by atoms with Gasteiger partial charge in [0.25, 0.3) is 0 Å². The van der Waals surface area contributed by atoms with Crippen LogP contribution in [0.3, 0.4) is 0 Å². The van der Waals surface area contributed by atoms with Crippen molar-refractivity contribution in [2.75, 3.05) is 5.73 Å². The first-order valence-electron chi connectivity index (χ1n) is 9.04. The van der Waals surface area contributed by atoms with Crippen LogP contribution in [-0.2, 0) is 6.42 Å². The Bertz CT molecular complexity index is 1210. The third-order valence-corrected chi connectivity index (χ3v) is 5.53. The Morgan fingerprint density at radius 1 is 1.24 bits per heavy atom. The Morgan fingerprint density at radius 2 is 2.10 bits per heavy atom. The average molecular weight is 402 g/mol. The van der Waals surface area contributed by atoms with E-state index in [0.29, 0.717) is 23.6 Å². The number of hydrogen-bond acceptors (Lipinski definition) is 8. The van der Waals surface area contributed by atoms with Gasteiger partial charge < -0.3 is 10.3 Å². The van der Waals surface area contributed by atoms with Crippen molar-refractivity contribution < 1.29 is 4.52 Å². The molecule has 29 heavy (non-hydrogen) atoms. The van der Waals surface area contributed by atoms with Crippen molar-refractivity contribution in [1.82, 2.24) is 20.1 Å². The normalized spacial score (nSPS) is 11.9. The fourth-order valence-electron chi connectivity index (χ4n) is 2.96. The van der Waals surface area contributed by atoms with Crippen molar-refractivity contribution >= 4 is 17.2 Å². The lowest BCUT2D eigenvalue weighted by molar-refractivity contribution is 0.434. The van der Waals surface area contributed by atoms with Crippen LogP contribution in [0.2, 0.25) is 0 Å². The topological polar surface area (TPSA) is 115 Å². The quantitative estimate of drug-likeness (QED) is 0.522. The maximum atomic E-state index is 9.03. The van der Waals surface area contributed by atoms with Gasteiger partial charge in [0.1, 0.15) is 5.69 Å². The number of thiophene rings is 1. The summed E-state index contributed by atoms with van der Waals surface area (Å²) >= 11 is 1.60. The Labute approximate surface area is 171 Å². The predicted molar refractivity (Wildman–Crippen MR) is 112 cm³/mol. The minimum atomic E-state index is -0.112. The van der Waals surface area contributed by atoms with Crippen molar-refractivity contribution in [3.8, 4) is 39.4 Å². The van der Waals surface area contributed by atoms with Crippen molar-refractivity contribution in [2.45, 2.75) is 20.3 Å². The molecule has 2 N–H and O–H groups in total. The summed E-state index contributed by atoms with van der Waals surface area (Å²) in [5.74, 6) is 0.623. The summed E-state index contributed by atoms with van der Waals surface area (Å²) in [4.78, 5) is 14.3. The van der Waals surface area contributed by atoms with Gasteiger partial charge in [-0.1, -0.05) is 5.16 Å². The lowest BCUT2D eigenvalue weighted by Gasteiger charge is -2.07. The summed E-state index contributed by atoms with van der Waals surface area (Å²) in [5.41, 5.74) is 10.7. The van der Waals surface area contributed by atoms with Crippen LogP contribution in [0, 0.1) is 24.2 Å². The lowest BCUT2D eigenvalue weighted by Crippen LogP contribution is -2.01. The summed E-state index contributed by atoms with van der Waals surface area (Å²) in [6, 6.07) is 9.86. The van der Waals surface area contributed by atoms with Crippen LogP contribution in [0.1, 0.15) is 18.2 Å². The van der Waals surface area contributed by atoms with Gasteiger partial charge in [-0.25, -0.2) is 9.97 Å². The van der Waals surface area contributed by atoms with Gasteiger partial charge in [0.15, 0.2) is 17.3 Å². The summed E-state index contributed by atoms with van der Waals surface area (Å²) in [6.07, 6.45) is 3.90. The van der Waals surface area contributed by atoms with Gasteiger partial charge in [0, 0.05) is 35.9 Å². The van der Waals surface area contributed by atoms with E-state index in [-0.39, 0.29) is 11.7 Å². The SMILES string of the molecule is Cc1ccsc1-c1cc(-c2nc(-c3ccnc(CC(C)C#N)c3)cnc2N)on1. The summed E-state index contributed by atoms with van der Waals surface area (Å²) in [5, 5.41) is 15.2. The second-order valence-corrected chi connectivity index (χ2v) is 7.68. The van der Waals surface area contributed by atoms with Gasteiger partial charge in [-0.15, -0.1) is 11.3 Å². The number of rotatable bonds is 5. The first-order chi connectivity index (χ1) is 14.0. The molecule has 0 spiro atoms. The zero-order valence-electron chi connectivity index (χ0n) is 16.0. The highest BCUT2D eigenvalue weighted by molar-refractivity contribution is 7.13. The number of nitrogen functional groups attached to an aromatic ring is 1. The van der Waals surface area contributed by atoms with E-state index in [1.165, 1.54) is 0 Å². The highest BCUT2D eigenvalue weighted by Crippen LogP contribution is 2.33. The molecule has 4 aromatic heterocycles. The number of anilines is 1. The van der Waals surface area contributed by atoms with Gasteiger partial charge in [-0.2, -0.15) is 5.26 Å². The lowest BCUT2D eigenvalue weighted by atomic mass is 10.0. The molecule has 0 aromatic carbocycles. The standard InChI is InChI=1S/C21H18N6OS/c1-12(10-22)7-15-8-14(3-5-24-15)17-11-25-21(23)19(26-17)18-9-16(27-28-18)20-13(2)4-6-29-20/h3-6,8-9,11-12H,7H2,1-2H3,(H2,23,25). The molecular weight excluding hydrogens is 384 g/mol. The molecule has 0 saturated heterocycles. The molecular formula is C21H18N6OS. The minimum absolute atomic E-state index is 0.112. The van der Waals surface area contributed by atoms with Crippen molar-refractivity contribution in [1.29, 1.82) is 5.26 Å². The molecule has 0 aliphatic carbocycles. The fraction of sp³-hybridized carbons (Fsp3) is 0.190. The molecule has 7 nitrogen and oxygen atoms in total. The van der Waals surface area contributed by atoms with Crippen molar-refractivity contribution in [2.24, 2.45) is 5.92 Å². The Kier molecular flexibility index (Phi) is 5.06. The molecule has 4 aromatic rings. The number of hydrogen-bond donors (Lipinski definition) is 1. The molecule has 1 atom stereocenters. The number of aryl methyl sites for hydroxylation is 1. The van der Waals surface area contributed by atoms with E-state index in [1.807, 2.05) is 43.5 Å². The minimum Gasteiger partial charge on any atom is -0.382 e. The monoisotopic (exact) mass is 402 g/mol. The van der Waals surface area contributed by atoms with Crippen LogP contribution in [0.4, 0.5) is 5.82 Å². The first-order valence-corrected chi connectivity index (χ1v) is 9.92. The average Bonchev–Trinajstić information content (AvgIpc) is 3.37. The molecule has 0 aliphatic rings. The molecule has 1 unspecified atom stereocenters. The first kappa shape index (κ1) is 18.8. The second-order valence-electron chi connectivity index (χ2n) is 6.77. The number of pyridine rings is 1. The van der Waals surface area contributed by atoms with Crippen LogP contribution in [0.5, 0.6) is 0 Å². The zero-order chi connectivity index (χ0) is 20.4. The van der Waals surface area contributed by atoms with E-state index in [1.54, 1.807) is 23.7 Å². The molecule has 0 radical (unpaired) electrons. The molecule has 144 valence electrons. The maximum Gasteiger partial charge on any atom is 0.189 e. The molecule has 0 saturated carbocycles. The van der Waals surface area contributed by atoms with Gasteiger partial charge in [-0.3, -0.25) is 4.98 Å². The largest absolute Gasteiger partial charge is 0.382 e. The summed E-state index contributed by atoms with van der Waals surface area (Å²) in [7, 11) is 0. The third-order valence-electron chi connectivity index (χ3n) is 4.49. The van der Waals surface area contributed by atoms with Gasteiger partial charge >= 0.3 is 0 Å². The molecule has 4 heterocycles. The Balaban J connectivity index is 1.69. The number of nitrogens with zero attached hydrogens (tertiary/aromatic N) is 5. The molecule has 8 heteroatoms. The highest BCUT2D eigenvalue weighted by Gasteiger charge is 2.17. The summed E-state index contributed by atoms with van der Waals surface area (Å²) in [6.45, 7) is 3.90. The van der Waals surface area contributed by atoms with E-state index in [9.17, 15) is 0 Å². The van der Waals surface area contributed by atoms with E-state index >= 15 is 0 Å². The maximum absolute atomic E-state index is 9.03. The summed E-state index contributed by atoms with van der Waals surface area (Å²) < 4.78 is 5.52. The van der Waals surface area contributed by atoms with E-state index in [2.05, 4.69) is 26.2 Å². The van der Waals surface area contributed by atoms with Crippen LogP contribution in [-0.4, -0.2) is 20.1 Å². The highest BCUT2D eigenvalue weighted by atomic mass is 32.1. The Morgan fingerprint density at radius 3 is 2.86 bits per heavy atom. The van der Waals surface area contributed by atoms with E-state index < -0.39 is 0 Å². The number of aromatic nitrogens is 4. The smallest absolute Gasteiger partial charge is 0.189 e. The Hall–Kier alpha value is -3.57. The molecule has 0 bridgehead atoms. The number of nitrogens with two attached hydrogens (primary N) is 1. The van der Waals surface area contributed by atoms with Crippen LogP contribution >= 0.6 is 11.3 Å². The second kappa shape index (κ2) is 7.81. The molecule has 0 amide bonds. The van der Waals surface area contributed by atoms with Crippen LogP contribution < -0.4 is 5.73 Å². The predicted octanol–water partition coefficient (Wildman–Crippen LogP) is 4.51. The van der Waals surface area contributed by atoms with Crippen molar-refractivity contribution in [3.63, 3.8) is 0 Å². The van der Waals surface area contributed by atoms with Gasteiger partial charge in [0.2, 0.25) is 0 Å². The fourth-order valence-corrected chi connectivity index (χ4v) is 3.84. The zero-order valence-corrected chi connectivity index (χ0v) is 16.8. The van der Waals surface area contributed by atoms with Crippen LogP contribution in [0.25, 0.3) is 33.3 Å².